The molecule has 1 N–H and O–H groups in total. The highest BCUT2D eigenvalue weighted by molar-refractivity contribution is 7.98. The van der Waals surface area contributed by atoms with E-state index in [0.717, 1.165) is 28.3 Å². The van der Waals surface area contributed by atoms with Crippen LogP contribution in [0, 0.1) is 13.8 Å². The van der Waals surface area contributed by atoms with Crippen molar-refractivity contribution < 1.29 is 18.8 Å². The number of hydrogen-bond acceptors (Lipinski definition) is 6. The zero-order chi connectivity index (χ0) is 21.1. The smallest absolute Gasteiger partial charge is 0.256 e. The summed E-state index contributed by atoms with van der Waals surface area (Å²) in [5.74, 6) is 2.38. The molecular weight excluding hydrogens is 424 g/mol. The van der Waals surface area contributed by atoms with E-state index in [4.69, 9.17) is 25.6 Å². The Morgan fingerprint density at radius 2 is 1.90 bits per heavy atom. The number of thioether (sulfide) groups is 1. The number of aryl methyl sites for hydroxylation is 2. The predicted molar refractivity (Wildman–Crippen MR) is 117 cm³/mol. The highest BCUT2D eigenvalue weighted by Crippen LogP contribution is 2.38. The monoisotopic (exact) mass is 444 g/mol. The van der Waals surface area contributed by atoms with Gasteiger partial charge in [0.1, 0.15) is 5.76 Å². The molecular formula is C22H21ClN2O4S. The molecule has 4 rings (SSSR count). The maximum absolute atomic E-state index is 13.0. The molecule has 1 amide bonds. The first-order chi connectivity index (χ1) is 14.5. The first-order valence-electron chi connectivity index (χ1n) is 9.57. The number of aromatic nitrogens is 1. The normalized spacial score (nSPS) is 13.0. The van der Waals surface area contributed by atoms with Crippen LogP contribution in [0.4, 0.5) is 5.69 Å². The van der Waals surface area contributed by atoms with E-state index in [9.17, 15) is 4.79 Å². The van der Waals surface area contributed by atoms with Crippen LogP contribution in [-0.2, 0) is 5.75 Å². The van der Waals surface area contributed by atoms with Gasteiger partial charge >= 0.3 is 0 Å². The summed E-state index contributed by atoms with van der Waals surface area (Å²) in [6.07, 6.45) is 0.795. The molecule has 0 saturated carbocycles. The Balaban J connectivity index is 1.54. The molecule has 0 unspecified atom stereocenters. The van der Waals surface area contributed by atoms with Gasteiger partial charge in [0.15, 0.2) is 11.5 Å². The van der Waals surface area contributed by atoms with Crippen molar-refractivity contribution in [1.29, 1.82) is 0 Å². The summed E-state index contributed by atoms with van der Waals surface area (Å²) in [7, 11) is 0. The Kier molecular flexibility index (Phi) is 6.20. The Hall–Kier alpha value is -2.64. The van der Waals surface area contributed by atoms with E-state index in [1.807, 2.05) is 32.0 Å². The Bertz CT molecular complexity index is 1060. The molecule has 0 fully saturated rings. The van der Waals surface area contributed by atoms with Crippen LogP contribution in [0.2, 0.25) is 5.02 Å². The van der Waals surface area contributed by atoms with Crippen LogP contribution in [0.1, 0.15) is 33.8 Å². The second-order valence-electron chi connectivity index (χ2n) is 6.87. The van der Waals surface area contributed by atoms with Crippen LogP contribution < -0.4 is 14.8 Å². The van der Waals surface area contributed by atoms with Gasteiger partial charge in [-0.1, -0.05) is 28.9 Å². The summed E-state index contributed by atoms with van der Waals surface area (Å²) in [5.41, 5.74) is 2.95. The van der Waals surface area contributed by atoms with Gasteiger partial charge in [-0.05, 0) is 26.0 Å². The van der Waals surface area contributed by atoms with E-state index in [1.165, 1.54) is 0 Å². The Morgan fingerprint density at radius 3 is 2.63 bits per heavy atom. The predicted octanol–water partition coefficient (Wildman–Crippen LogP) is 5.65. The SMILES string of the molecule is Cc1noc(C)c1CSc1ccccc1C(=O)Nc1cc2c(cc1Cl)OCCCO2. The van der Waals surface area contributed by atoms with Gasteiger partial charge in [-0.2, -0.15) is 0 Å². The molecule has 30 heavy (non-hydrogen) atoms. The zero-order valence-electron chi connectivity index (χ0n) is 16.7. The van der Waals surface area contributed by atoms with Gasteiger partial charge in [-0.25, -0.2) is 0 Å². The lowest BCUT2D eigenvalue weighted by Crippen LogP contribution is -2.13. The minimum absolute atomic E-state index is 0.242. The number of ether oxygens (including phenoxy) is 2. The fourth-order valence-corrected chi connectivity index (χ4v) is 4.51. The maximum atomic E-state index is 13.0. The molecule has 0 atom stereocenters. The second kappa shape index (κ2) is 9.02. The number of nitrogens with one attached hydrogen (secondary N) is 1. The van der Waals surface area contributed by atoms with Gasteiger partial charge in [-0.15, -0.1) is 11.8 Å². The van der Waals surface area contributed by atoms with Gasteiger partial charge in [0, 0.05) is 34.8 Å². The lowest BCUT2D eigenvalue weighted by atomic mass is 10.2. The number of hydrogen-bond donors (Lipinski definition) is 1. The van der Waals surface area contributed by atoms with E-state index in [0.29, 0.717) is 46.7 Å². The van der Waals surface area contributed by atoms with Gasteiger partial charge in [0.25, 0.3) is 5.91 Å². The van der Waals surface area contributed by atoms with Crippen molar-refractivity contribution in [3.8, 4) is 11.5 Å². The van der Waals surface area contributed by atoms with E-state index in [1.54, 1.807) is 30.0 Å². The Morgan fingerprint density at radius 1 is 1.17 bits per heavy atom. The minimum atomic E-state index is -0.242. The molecule has 0 spiro atoms. The second-order valence-corrected chi connectivity index (χ2v) is 8.30. The molecule has 1 aliphatic heterocycles. The molecule has 8 heteroatoms. The number of anilines is 1. The number of rotatable bonds is 5. The van der Waals surface area contributed by atoms with E-state index < -0.39 is 0 Å². The summed E-state index contributed by atoms with van der Waals surface area (Å²) in [6.45, 7) is 4.94. The highest BCUT2D eigenvalue weighted by Gasteiger charge is 2.18. The molecule has 0 radical (unpaired) electrons. The molecule has 0 bridgehead atoms. The van der Waals surface area contributed by atoms with Crippen molar-refractivity contribution >= 4 is 35.0 Å². The van der Waals surface area contributed by atoms with Crippen molar-refractivity contribution in [3.05, 3.63) is 64.0 Å². The largest absolute Gasteiger partial charge is 0.490 e. The van der Waals surface area contributed by atoms with Crippen molar-refractivity contribution in [2.24, 2.45) is 0 Å². The Labute approximate surface area is 183 Å². The molecule has 1 aromatic heterocycles. The first kappa shape index (κ1) is 20.6. The topological polar surface area (TPSA) is 73.6 Å². The molecule has 2 aromatic carbocycles. The average molecular weight is 445 g/mol. The minimum Gasteiger partial charge on any atom is -0.490 e. The first-order valence-corrected chi connectivity index (χ1v) is 10.9. The van der Waals surface area contributed by atoms with Gasteiger partial charge < -0.3 is 19.3 Å². The number of carbonyl (C=O) groups excluding carboxylic acids is 1. The highest BCUT2D eigenvalue weighted by atomic mass is 35.5. The number of halogens is 1. The zero-order valence-corrected chi connectivity index (χ0v) is 18.2. The molecule has 3 aromatic rings. The standard InChI is InChI=1S/C22H21ClN2O4S/c1-13-16(14(2)29-25-13)12-30-21-7-4-3-6-15(21)22(26)24-18-11-20-19(10-17(18)23)27-8-5-9-28-20/h3-4,6-7,10-11H,5,8-9,12H2,1-2H3,(H,24,26). The number of carbonyl (C=O) groups is 1. The summed E-state index contributed by atoms with van der Waals surface area (Å²) >= 11 is 7.94. The van der Waals surface area contributed by atoms with E-state index in [2.05, 4.69) is 10.5 Å². The van der Waals surface area contributed by atoms with Crippen LogP contribution in [0.25, 0.3) is 0 Å². The number of fused-ring (bicyclic) bond motifs is 1. The van der Waals surface area contributed by atoms with Crippen molar-refractivity contribution in [3.63, 3.8) is 0 Å². The molecule has 6 nitrogen and oxygen atoms in total. The lowest BCUT2D eigenvalue weighted by Gasteiger charge is -2.14. The van der Waals surface area contributed by atoms with Crippen LogP contribution >= 0.6 is 23.4 Å². The van der Waals surface area contributed by atoms with E-state index >= 15 is 0 Å². The third kappa shape index (κ3) is 4.42. The van der Waals surface area contributed by atoms with Gasteiger partial charge in [-0.3, -0.25) is 4.79 Å². The van der Waals surface area contributed by atoms with Crippen LogP contribution in [0.15, 0.2) is 45.8 Å². The summed E-state index contributed by atoms with van der Waals surface area (Å²) in [5, 5.41) is 7.29. The average Bonchev–Trinajstić information content (AvgIpc) is 2.91. The van der Waals surface area contributed by atoms with Crippen molar-refractivity contribution in [2.75, 3.05) is 18.5 Å². The van der Waals surface area contributed by atoms with Crippen molar-refractivity contribution in [1.82, 2.24) is 5.16 Å². The van der Waals surface area contributed by atoms with Gasteiger partial charge in [0.05, 0.1) is 35.2 Å². The lowest BCUT2D eigenvalue weighted by molar-refractivity contribution is 0.102. The summed E-state index contributed by atoms with van der Waals surface area (Å²) in [4.78, 5) is 13.9. The van der Waals surface area contributed by atoms with Crippen LogP contribution in [0.3, 0.4) is 0 Å². The molecule has 156 valence electrons. The number of benzene rings is 2. The van der Waals surface area contributed by atoms with Gasteiger partial charge in [0.2, 0.25) is 0 Å². The van der Waals surface area contributed by atoms with Crippen LogP contribution in [0.5, 0.6) is 11.5 Å². The molecule has 2 heterocycles. The molecule has 0 saturated heterocycles. The van der Waals surface area contributed by atoms with Crippen molar-refractivity contribution in [2.45, 2.75) is 30.9 Å². The quantitative estimate of drug-likeness (QED) is 0.512. The fourth-order valence-electron chi connectivity index (χ4n) is 3.11. The van der Waals surface area contributed by atoms with Crippen LogP contribution in [-0.4, -0.2) is 24.3 Å². The maximum Gasteiger partial charge on any atom is 0.256 e. The summed E-state index contributed by atoms with van der Waals surface area (Å²) < 4.78 is 16.6. The number of amides is 1. The third-order valence-corrected chi connectivity index (χ3v) is 6.18. The van der Waals surface area contributed by atoms with E-state index in [-0.39, 0.29) is 5.91 Å². The third-order valence-electron chi connectivity index (χ3n) is 4.77. The summed E-state index contributed by atoms with van der Waals surface area (Å²) in [6, 6.07) is 10.9. The molecule has 0 aliphatic carbocycles. The number of nitrogens with zero attached hydrogens (tertiary/aromatic N) is 1. The fraction of sp³-hybridized carbons (Fsp3) is 0.273. The molecule has 1 aliphatic rings.